The third-order valence-corrected chi connectivity index (χ3v) is 5.80. The van der Waals surface area contributed by atoms with Crippen LogP contribution in [0, 0.1) is 0 Å². The first-order chi connectivity index (χ1) is 11.8. The van der Waals surface area contributed by atoms with Crippen molar-refractivity contribution in [2.45, 2.75) is 18.7 Å². The zero-order chi connectivity index (χ0) is 18.6. The van der Waals surface area contributed by atoms with E-state index in [1.807, 2.05) is 0 Å². The normalized spacial score (nSPS) is 11.5. The van der Waals surface area contributed by atoms with Gasteiger partial charge in [-0.2, -0.15) is 4.31 Å². The molecule has 0 aliphatic rings. The number of hydrogen-bond donors (Lipinski definition) is 2. The Morgan fingerprint density at radius 1 is 1.24 bits per heavy atom. The number of carbonyl (C=O) groups is 1. The van der Waals surface area contributed by atoms with E-state index in [0.717, 1.165) is 0 Å². The Bertz CT molecular complexity index is 883. The molecule has 2 N–H and O–H groups in total. The number of aromatic nitrogens is 1. The third kappa shape index (κ3) is 4.28. The van der Waals surface area contributed by atoms with Gasteiger partial charge in [-0.25, -0.2) is 13.4 Å². The monoisotopic (exact) mass is 383 g/mol. The maximum Gasteiger partial charge on any atom is 0.255 e. The Kier molecular flexibility index (Phi) is 5.99. The first-order valence-electron chi connectivity index (χ1n) is 7.55. The molecule has 134 valence electrons. The summed E-state index contributed by atoms with van der Waals surface area (Å²) in [7, 11) is -3.71. The molecule has 0 aliphatic heterocycles. The van der Waals surface area contributed by atoms with Crippen LogP contribution < -0.4 is 5.32 Å². The van der Waals surface area contributed by atoms with E-state index in [0.29, 0.717) is 13.1 Å². The predicted octanol–water partition coefficient (Wildman–Crippen LogP) is 2.72. The molecule has 0 bridgehead atoms. The molecular weight excluding hydrogens is 366 g/mol. The van der Waals surface area contributed by atoms with E-state index < -0.39 is 15.9 Å². The van der Waals surface area contributed by atoms with Crippen LogP contribution in [0.3, 0.4) is 0 Å². The molecule has 1 heterocycles. The molecule has 1 amide bonds. The van der Waals surface area contributed by atoms with Crippen molar-refractivity contribution in [3.05, 3.63) is 47.2 Å². The number of aromatic hydroxyl groups is 1. The summed E-state index contributed by atoms with van der Waals surface area (Å²) in [5.41, 5.74) is 0.225. The van der Waals surface area contributed by atoms with Gasteiger partial charge < -0.3 is 10.4 Å². The fourth-order valence-electron chi connectivity index (χ4n) is 2.23. The van der Waals surface area contributed by atoms with Crippen LogP contribution in [0.25, 0.3) is 0 Å². The molecule has 0 aliphatic carbocycles. The average molecular weight is 384 g/mol. The molecular formula is C16H18ClN3O4S. The number of rotatable bonds is 6. The molecule has 9 heteroatoms. The van der Waals surface area contributed by atoms with Gasteiger partial charge in [0.25, 0.3) is 5.91 Å². The first-order valence-corrected chi connectivity index (χ1v) is 9.37. The van der Waals surface area contributed by atoms with Crippen LogP contribution in [0.5, 0.6) is 5.75 Å². The van der Waals surface area contributed by atoms with Gasteiger partial charge in [-0.3, -0.25) is 4.79 Å². The number of hydrogen-bond acceptors (Lipinski definition) is 5. The van der Waals surface area contributed by atoms with Crippen LogP contribution in [0.1, 0.15) is 24.2 Å². The molecule has 0 fully saturated rings. The highest BCUT2D eigenvalue weighted by Gasteiger charge is 2.23. The zero-order valence-electron chi connectivity index (χ0n) is 13.7. The number of anilines is 1. The summed E-state index contributed by atoms with van der Waals surface area (Å²) >= 11 is 5.75. The fourth-order valence-corrected chi connectivity index (χ4v) is 3.89. The number of phenolic OH excluding ortho intramolecular Hbond substituents is 1. The predicted molar refractivity (Wildman–Crippen MR) is 95.4 cm³/mol. The summed E-state index contributed by atoms with van der Waals surface area (Å²) in [6.07, 6.45) is 1.37. The van der Waals surface area contributed by atoms with E-state index in [1.165, 1.54) is 40.8 Å². The summed E-state index contributed by atoms with van der Waals surface area (Å²) in [4.78, 5) is 16.0. The van der Waals surface area contributed by atoms with Gasteiger partial charge in [0.15, 0.2) is 0 Å². The highest BCUT2D eigenvalue weighted by Crippen LogP contribution is 2.28. The summed E-state index contributed by atoms with van der Waals surface area (Å²) in [6.45, 7) is 4.10. The lowest BCUT2D eigenvalue weighted by Gasteiger charge is -2.19. The van der Waals surface area contributed by atoms with Gasteiger partial charge >= 0.3 is 0 Å². The van der Waals surface area contributed by atoms with Crippen molar-refractivity contribution < 1.29 is 18.3 Å². The highest BCUT2D eigenvalue weighted by molar-refractivity contribution is 7.89. The van der Waals surface area contributed by atoms with Crippen molar-refractivity contribution in [2.75, 3.05) is 18.4 Å². The van der Waals surface area contributed by atoms with Crippen molar-refractivity contribution in [2.24, 2.45) is 0 Å². The van der Waals surface area contributed by atoms with Gasteiger partial charge in [0.05, 0.1) is 10.6 Å². The Labute approximate surface area is 151 Å². The van der Waals surface area contributed by atoms with Crippen molar-refractivity contribution in [1.82, 2.24) is 9.29 Å². The lowest BCUT2D eigenvalue weighted by Crippen LogP contribution is -2.30. The number of phenols is 1. The minimum atomic E-state index is -3.71. The number of carbonyl (C=O) groups excluding carboxylic acids is 1. The van der Waals surface area contributed by atoms with Gasteiger partial charge in [0, 0.05) is 24.8 Å². The second-order valence-corrected chi connectivity index (χ2v) is 7.41. The number of halogens is 1. The molecule has 1 aromatic heterocycles. The molecule has 7 nitrogen and oxygen atoms in total. The van der Waals surface area contributed by atoms with Crippen LogP contribution in [0.2, 0.25) is 5.15 Å². The van der Waals surface area contributed by atoms with E-state index in [9.17, 15) is 18.3 Å². The van der Waals surface area contributed by atoms with E-state index in [4.69, 9.17) is 11.6 Å². The Hall–Kier alpha value is -2.16. The second-order valence-electron chi connectivity index (χ2n) is 5.09. The molecule has 25 heavy (non-hydrogen) atoms. The van der Waals surface area contributed by atoms with E-state index in [1.54, 1.807) is 13.8 Å². The number of nitrogens with one attached hydrogen (secondary N) is 1. The summed E-state index contributed by atoms with van der Waals surface area (Å²) in [6, 6.07) is 6.57. The number of benzene rings is 1. The average Bonchev–Trinajstić information content (AvgIpc) is 2.57. The summed E-state index contributed by atoms with van der Waals surface area (Å²) in [5.74, 6) is -0.788. The lowest BCUT2D eigenvalue weighted by molar-refractivity contribution is 0.102. The van der Waals surface area contributed by atoms with Gasteiger partial charge in [-0.15, -0.1) is 0 Å². The molecule has 0 saturated heterocycles. The molecule has 0 radical (unpaired) electrons. The van der Waals surface area contributed by atoms with Crippen LogP contribution in [-0.2, 0) is 10.0 Å². The van der Waals surface area contributed by atoms with Crippen molar-refractivity contribution in [1.29, 1.82) is 0 Å². The first kappa shape index (κ1) is 19.2. The minimum Gasteiger partial charge on any atom is -0.506 e. The molecule has 0 spiro atoms. The quantitative estimate of drug-likeness (QED) is 0.590. The number of amides is 1. The second kappa shape index (κ2) is 7.81. The largest absolute Gasteiger partial charge is 0.506 e. The van der Waals surface area contributed by atoms with Gasteiger partial charge in [-0.1, -0.05) is 25.4 Å². The van der Waals surface area contributed by atoms with Gasteiger partial charge in [0.2, 0.25) is 10.0 Å². The number of nitrogens with zero attached hydrogens (tertiary/aromatic N) is 2. The standard InChI is InChI=1S/C16H18ClN3O4S/c1-3-20(4-2)25(23,24)12-5-6-14(21)13(10-12)19-16(22)11-7-8-18-15(17)9-11/h5-10,21H,3-4H2,1-2H3,(H,19,22). The Balaban J connectivity index is 2.35. The van der Waals surface area contributed by atoms with Crippen molar-refractivity contribution in [3.63, 3.8) is 0 Å². The minimum absolute atomic E-state index is 0.00818. The SMILES string of the molecule is CCN(CC)S(=O)(=O)c1ccc(O)c(NC(=O)c2ccnc(Cl)c2)c1. The maximum atomic E-state index is 12.6. The molecule has 2 aromatic rings. The van der Waals surface area contributed by atoms with Crippen LogP contribution in [-0.4, -0.2) is 41.8 Å². The van der Waals surface area contributed by atoms with Gasteiger partial charge in [0.1, 0.15) is 10.9 Å². The highest BCUT2D eigenvalue weighted by atomic mass is 35.5. The molecule has 0 saturated carbocycles. The van der Waals surface area contributed by atoms with Crippen LogP contribution in [0.15, 0.2) is 41.4 Å². The van der Waals surface area contributed by atoms with Crippen molar-refractivity contribution in [3.8, 4) is 5.75 Å². The Morgan fingerprint density at radius 2 is 1.92 bits per heavy atom. The molecule has 1 aromatic carbocycles. The topological polar surface area (TPSA) is 99.6 Å². The van der Waals surface area contributed by atoms with Crippen LogP contribution in [0.4, 0.5) is 5.69 Å². The molecule has 0 unspecified atom stereocenters. The lowest BCUT2D eigenvalue weighted by atomic mass is 10.2. The number of pyridine rings is 1. The van der Waals surface area contributed by atoms with Crippen LogP contribution >= 0.6 is 11.6 Å². The molecule has 2 rings (SSSR count). The maximum absolute atomic E-state index is 12.6. The smallest absolute Gasteiger partial charge is 0.255 e. The van der Waals surface area contributed by atoms with Gasteiger partial charge in [-0.05, 0) is 30.3 Å². The number of sulfonamides is 1. The third-order valence-electron chi connectivity index (χ3n) is 3.55. The van der Waals surface area contributed by atoms with E-state index in [2.05, 4.69) is 10.3 Å². The van der Waals surface area contributed by atoms with E-state index in [-0.39, 0.29) is 27.0 Å². The van der Waals surface area contributed by atoms with Crippen molar-refractivity contribution >= 4 is 33.2 Å². The van der Waals surface area contributed by atoms with E-state index >= 15 is 0 Å². The summed E-state index contributed by atoms with van der Waals surface area (Å²) < 4.78 is 26.4. The fraction of sp³-hybridized carbons (Fsp3) is 0.250. The zero-order valence-corrected chi connectivity index (χ0v) is 15.3. The summed E-state index contributed by atoms with van der Waals surface area (Å²) in [5, 5.41) is 12.6. The Morgan fingerprint density at radius 3 is 2.52 bits per heavy atom. The molecule has 0 atom stereocenters.